The van der Waals surface area contributed by atoms with E-state index in [1.165, 1.54) is 12.7 Å². The van der Waals surface area contributed by atoms with Gasteiger partial charge in [0.15, 0.2) is 5.82 Å². The maximum absolute atomic E-state index is 11.9. The molecule has 3 aromatic rings. The highest BCUT2D eigenvalue weighted by Gasteiger charge is 2.09. The number of thiocarbonyl (C=S) groups is 1. The summed E-state index contributed by atoms with van der Waals surface area (Å²) in [5.74, 6) is 0.560. The smallest absolute Gasteiger partial charge is 0.259 e. The van der Waals surface area contributed by atoms with Gasteiger partial charge in [-0.1, -0.05) is 24.4 Å². The lowest BCUT2D eigenvalue weighted by molar-refractivity contribution is 1.05. The van der Waals surface area contributed by atoms with Gasteiger partial charge in [-0.05, 0) is 12.1 Å². The fourth-order valence-electron chi connectivity index (χ4n) is 1.66. The maximum atomic E-state index is 11.9. The molecule has 0 fully saturated rings. The minimum absolute atomic E-state index is 0.235. The molecule has 0 bridgehead atoms. The van der Waals surface area contributed by atoms with E-state index >= 15 is 0 Å². The summed E-state index contributed by atoms with van der Waals surface area (Å²) in [4.78, 5) is 30.6. The number of aromatic nitrogens is 5. The number of nitrogens with zero attached hydrogens (tertiary/aromatic N) is 4. The van der Waals surface area contributed by atoms with Crippen molar-refractivity contribution in [3.8, 4) is 0 Å². The van der Waals surface area contributed by atoms with Gasteiger partial charge in [-0.3, -0.25) is 4.79 Å². The summed E-state index contributed by atoms with van der Waals surface area (Å²) >= 11 is 5.18. The number of anilines is 1. The first-order chi connectivity index (χ1) is 9.74. The highest BCUT2D eigenvalue weighted by Crippen LogP contribution is 2.06. The Labute approximate surface area is 118 Å². The normalized spacial score (nSPS) is 10.4. The number of nitrogens with one attached hydrogen (secondary N) is 2. The van der Waals surface area contributed by atoms with Gasteiger partial charge in [0, 0.05) is 0 Å². The van der Waals surface area contributed by atoms with E-state index in [0.29, 0.717) is 16.9 Å². The van der Waals surface area contributed by atoms with Crippen LogP contribution in [-0.4, -0.2) is 29.9 Å². The first kappa shape index (κ1) is 12.3. The summed E-state index contributed by atoms with van der Waals surface area (Å²) < 4.78 is 0. The lowest BCUT2D eigenvalue weighted by atomic mass is 10.2. The number of H-pyrrole nitrogens is 1. The van der Waals surface area contributed by atoms with Crippen molar-refractivity contribution in [3.05, 3.63) is 53.1 Å². The van der Waals surface area contributed by atoms with Crippen molar-refractivity contribution in [2.75, 3.05) is 5.32 Å². The summed E-state index contributed by atoms with van der Waals surface area (Å²) in [7, 11) is 0. The largest absolute Gasteiger partial charge is 0.312 e. The van der Waals surface area contributed by atoms with Gasteiger partial charge in [0.1, 0.15) is 17.6 Å². The molecule has 0 radical (unpaired) electrons. The Morgan fingerprint density at radius 3 is 2.75 bits per heavy atom. The molecule has 98 valence electrons. The van der Waals surface area contributed by atoms with Crippen molar-refractivity contribution in [2.45, 2.75) is 0 Å². The van der Waals surface area contributed by atoms with E-state index in [9.17, 15) is 4.79 Å². The van der Waals surface area contributed by atoms with Crippen LogP contribution in [0.5, 0.6) is 0 Å². The van der Waals surface area contributed by atoms with E-state index in [1.54, 1.807) is 24.3 Å². The zero-order valence-electron chi connectivity index (χ0n) is 10.1. The number of fused-ring (bicyclic) bond motifs is 1. The number of benzene rings is 1. The van der Waals surface area contributed by atoms with Crippen molar-refractivity contribution in [3.63, 3.8) is 0 Å². The van der Waals surface area contributed by atoms with Crippen molar-refractivity contribution in [1.29, 1.82) is 0 Å². The number of rotatable bonds is 2. The second kappa shape index (κ2) is 5.10. The summed E-state index contributed by atoms with van der Waals surface area (Å²) in [6.07, 6.45) is 2.68. The molecule has 2 N–H and O–H groups in total. The van der Waals surface area contributed by atoms with Crippen LogP contribution in [0.4, 0.5) is 5.95 Å². The van der Waals surface area contributed by atoms with Gasteiger partial charge < -0.3 is 10.3 Å². The van der Waals surface area contributed by atoms with E-state index in [1.807, 2.05) is 0 Å². The molecule has 0 aliphatic heterocycles. The molecule has 7 nitrogen and oxygen atoms in total. The Morgan fingerprint density at radius 1 is 1.20 bits per heavy atom. The fraction of sp³-hybridized carbons (Fsp3) is 0. The molecule has 2 aromatic heterocycles. The molecular formula is C12H8N6OS. The van der Waals surface area contributed by atoms with Gasteiger partial charge in [0.2, 0.25) is 5.95 Å². The Balaban J connectivity index is 1.98. The van der Waals surface area contributed by atoms with Gasteiger partial charge in [-0.25, -0.2) is 19.9 Å². The molecule has 0 saturated carbocycles. The number of para-hydroxylation sites is 1. The van der Waals surface area contributed by atoms with Crippen LogP contribution in [0.25, 0.3) is 10.9 Å². The summed E-state index contributed by atoms with van der Waals surface area (Å²) in [6, 6.07) is 7.04. The molecule has 2 heterocycles. The van der Waals surface area contributed by atoms with E-state index < -0.39 is 0 Å². The zero-order valence-corrected chi connectivity index (χ0v) is 10.9. The molecule has 0 spiro atoms. The van der Waals surface area contributed by atoms with Crippen LogP contribution in [0.2, 0.25) is 0 Å². The Morgan fingerprint density at radius 2 is 1.95 bits per heavy atom. The standard InChI is InChI=1S/C12H8N6OS/c19-10-7-3-1-2-4-8(7)16-9(17-10)11(20)18-12-14-5-13-6-15-12/h1-6H,(H,16,17,19)(H,13,14,15,18,20). The second-order valence-electron chi connectivity index (χ2n) is 3.85. The predicted molar refractivity (Wildman–Crippen MR) is 77.5 cm³/mol. The molecule has 0 aliphatic rings. The maximum Gasteiger partial charge on any atom is 0.259 e. The number of hydrogen-bond donors (Lipinski definition) is 2. The first-order valence-corrected chi connectivity index (χ1v) is 6.07. The third-order valence-corrected chi connectivity index (χ3v) is 2.84. The highest BCUT2D eigenvalue weighted by atomic mass is 32.1. The van der Waals surface area contributed by atoms with Crippen molar-refractivity contribution in [2.24, 2.45) is 0 Å². The fourth-order valence-corrected chi connectivity index (χ4v) is 1.85. The van der Waals surface area contributed by atoms with Gasteiger partial charge in [0.25, 0.3) is 5.56 Å². The Hall–Kier alpha value is -2.74. The van der Waals surface area contributed by atoms with Crippen molar-refractivity contribution < 1.29 is 0 Å². The minimum Gasteiger partial charge on any atom is -0.312 e. The summed E-state index contributed by atoms with van der Waals surface area (Å²) in [6.45, 7) is 0. The number of aromatic amines is 1. The first-order valence-electron chi connectivity index (χ1n) is 5.66. The van der Waals surface area contributed by atoms with Crippen molar-refractivity contribution in [1.82, 2.24) is 24.9 Å². The zero-order chi connectivity index (χ0) is 13.9. The molecule has 3 rings (SSSR count). The molecule has 1 aromatic carbocycles. The molecule has 0 saturated heterocycles. The SMILES string of the molecule is O=c1[nH]c(C(=S)Nc2ncncn2)nc2ccccc12. The molecule has 0 atom stereocenters. The van der Waals surface area contributed by atoms with Crippen LogP contribution in [0.3, 0.4) is 0 Å². The van der Waals surface area contributed by atoms with E-state index in [2.05, 4.69) is 30.2 Å². The van der Waals surface area contributed by atoms with E-state index in [4.69, 9.17) is 12.2 Å². The average Bonchev–Trinajstić information content (AvgIpc) is 2.48. The monoisotopic (exact) mass is 284 g/mol. The van der Waals surface area contributed by atoms with Gasteiger partial charge >= 0.3 is 0 Å². The Kier molecular flexibility index (Phi) is 3.13. The van der Waals surface area contributed by atoms with Gasteiger partial charge in [-0.2, -0.15) is 0 Å². The van der Waals surface area contributed by atoms with Crippen LogP contribution in [0.1, 0.15) is 5.82 Å². The Bertz CT molecular complexity index is 832. The van der Waals surface area contributed by atoms with Crippen LogP contribution >= 0.6 is 12.2 Å². The molecule has 20 heavy (non-hydrogen) atoms. The number of hydrogen-bond acceptors (Lipinski definition) is 6. The van der Waals surface area contributed by atoms with Crippen LogP contribution < -0.4 is 10.9 Å². The summed E-state index contributed by atoms with van der Waals surface area (Å²) in [5, 5.41) is 3.30. The third kappa shape index (κ3) is 2.36. The lowest BCUT2D eigenvalue weighted by Gasteiger charge is -2.05. The van der Waals surface area contributed by atoms with Crippen LogP contribution in [0, 0.1) is 0 Å². The highest BCUT2D eigenvalue weighted by molar-refractivity contribution is 7.81. The molecule has 0 unspecified atom stereocenters. The average molecular weight is 284 g/mol. The van der Waals surface area contributed by atoms with Crippen molar-refractivity contribution >= 4 is 34.1 Å². The van der Waals surface area contributed by atoms with E-state index in [0.717, 1.165) is 0 Å². The van der Waals surface area contributed by atoms with Crippen LogP contribution in [-0.2, 0) is 0 Å². The third-order valence-electron chi connectivity index (χ3n) is 2.55. The topological polar surface area (TPSA) is 96.5 Å². The molecule has 0 aliphatic carbocycles. The predicted octanol–water partition coefficient (Wildman–Crippen LogP) is 0.896. The molecule has 0 amide bonds. The quantitative estimate of drug-likeness (QED) is 0.675. The van der Waals surface area contributed by atoms with Gasteiger partial charge in [0.05, 0.1) is 10.9 Å². The molecular weight excluding hydrogens is 276 g/mol. The summed E-state index contributed by atoms with van der Waals surface area (Å²) in [5.41, 5.74) is 0.330. The molecule has 8 heteroatoms. The van der Waals surface area contributed by atoms with Gasteiger partial charge in [-0.15, -0.1) is 0 Å². The lowest BCUT2D eigenvalue weighted by Crippen LogP contribution is -2.21. The van der Waals surface area contributed by atoms with Crippen LogP contribution in [0.15, 0.2) is 41.7 Å². The minimum atomic E-state index is -0.245. The second-order valence-corrected chi connectivity index (χ2v) is 4.26. The van der Waals surface area contributed by atoms with E-state index in [-0.39, 0.29) is 16.4 Å².